The van der Waals surface area contributed by atoms with Gasteiger partial charge in [-0.25, -0.2) is 4.39 Å². The summed E-state index contributed by atoms with van der Waals surface area (Å²) in [5.74, 6) is 0.700. The van der Waals surface area contributed by atoms with Gasteiger partial charge < -0.3 is 0 Å². The van der Waals surface area contributed by atoms with Crippen molar-refractivity contribution < 1.29 is 4.39 Å². The fraction of sp³-hybridized carbons (Fsp3) is 0.0476. The van der Waals surface area contributed by atoms with Gasteiger partial charge in [0.25, 0.3) is 0 Å². The molecule has 0 atom stereocenters. The third kappa shape index (κ3) is 4.28. The largest absolute Gasteiger partial charge is 0.270 e. The Morgan fingerprint density at radius 2 is 1.59 bits per heavy atom. The van der Waals surface area contributed by atoms with Gasteiger partial charge in [-0.15, -0.1) is 10.2 Å². The highest BCUT2D eigenvalue weighted by Crippen LogP contribution is 2.34. The molecule has 3 aromatic carbocycles. The first kappa shape index (κ1) is 20.2. The van der Waals surface area contributed by atoms with Gasteiger partial charge in [0.1, 0.15) is 5.82 Å². The lowest BCUT2D eigenvalue weighted by Crippen LogP contribution is -2.00. The third-order valence-corrected chi connectivity index (χ3v) is 6.27. The molecule has 0 aliphatic heterocycles. The lowest BCUT2D eigenvalue weighted by Gasteiger charge is -2.12. The highest BCUT2D eigenvalue weighted by molar-refractivity contribution is 7.98. The van der Waals surface area contributed by atoms with Crippen LogP contribution in [0.1, 0.15) is 5.56 Å². The molecule has 0 bridgehead atoms. The fourth-order valence-electron chi connectivity index (χ4n) is 2.80. The first-order valence-corrected chi connectivity index (χ1v) is 10.7. The molecule has 0 saturated carbocycles. The van der Waals surface area contributed by atoms with E-state index in [1.165, 1.54) is 17.8 Å². The Morgan fingerprint density at radius 3 is 2.34 bits per heavy atom. The zero-order valence-corrected chi connectivity index (χ0v) is 17.9. The molecule has 0 fully saturated rings. The van der Waals surface area contributed by atoms with E-state index in [1.807, 2.05) is 28.8 Å². The number of benzene rings is 3. The van der Waals surface area contributed by atoms with Crippen molar-refractivity contribution in [2.24, 2.45) is 0 Å². The van der Waals surface area contributed by atoms with Crippen molar-refractivity contribution in [2.75, 3.05) is 0 Å². The molecule has 0 amide bonds. The normalized spacial score (nSPS) is 11.0. The van der Waals surface area contributed by atoms with Gasteiger partial charge in [0.2, 0.25) is 0 Å². The Hall–Kier alpha value is -2.05. The molecule has 0 spiro atoms. The summed E-state index contributed by atoms with van der Waals surface area (Å²) in [5.41, 5.74) is 2.04. The molecule has 8 heteroatoms. The van der Waals surface area contributed by atoms with E-state index < -0.39 is 0 Å². The Balaban J connectivity index is 1.80. The van der Waals surface area contributed by atoms with E-state index in [0.29, 0.717) is 37.4 Å². The Morgan fingerprint density at radius 1 is 0.828 bits per heavy atom. The molecule has 3 nitrogen and oxygen atoms in total. The van der Waals surface area contributed by atoms with Crippen LogP contribution in [0.2, 0.25) is 15.1 Å². The van der Waals surface area contributed by atoms with E-state index >= 15 is 0 Å². The predicted molar refractivity (Wildman–Crippen MR) is 118 cm³/mol. The number of rotatable bonds is 5. The van der Waals surface area contributed by atoms with Gasteiger partial charge in [0, 0.05) is 11.3 Å². The smallest absolute Gasteiger partial charge is 0.196 e. The average molecular weight is 465 g/mol. The standard InChI is InChI=1S/C21H13Cl3FN3S/c22-16-7-3-2-6-15(16)20-26-27-21(29-12-13-5-1-4-8-19(13)25)28(20)14-9-10-17(23)18(24)11-14/h1-11H,12H2. The molecule has 4 aromatic rings. The number of aromatic nitrogens is 3. The maximum atomic E-state index is 14.0. The molecule has 146 valence electrons. The predicted octanol–water partition coefficient (Wildman–Crippen LogP) is 7.33. The van der Waals surface area contributed by atoms with Gasteiger partial charge in [-0.2, -0.15) is 0 Å². The zero-order valence-electron chi connectivity index (χ0n) is 14.8. The second-order valence-electron chi connectivity index (χ2n) is 6.10. The summed E-state index contributed by atoms with van der Waals surface area (Å²) < 4.78 is 15.9. The van der Waals surface area contributed by atoms with E-state index in [-0.39, 0.29) is 5.82 Å². The molecule has 0 unspecified atom stereocenters. The van der Waals surface area contributed by atoms with Crippen LogP contribution in [-0.4, -0.2) is 14.8 Å². The molecule has 0 aliphatic carbocycles. The van der Waals surface area contributed by atoms with E-state index in [9.17, 15) is 4.39 Å². The van der Waals surface area contributed by atoms with Gasteiger partial charge in [0.15, 0.2) is 11.0 Å². The van der Waals surface area contributed by atoms with Crippen LogP contribution in [0.25, 0.3) is 17.1 Å². The molecule has 0 saturated heterocycles. The van der Waals surface area contributed by atoms with Gasteiger partial charge in [0.05, 0.1) is 20.8 Å². The summed E-state index contributed by atoms with van der Waals surface area (Å²) in [5, 5.41) is 10.7. The van der Waals surface area contributed by atoms with E-state index in [0.717, 1.165) is 11.3 Å². The first-order chi connectivity index (χ1) is 14.0. The van der Waals surface area contributed by atoms with Crippen LogP contribution in [0.15, 0.2) is 71.9 Å². The van der Waals surface area contributed by atoms with Crippen molar-refractivity contribution in [1.82, 2.24) is 14.8 Å². The summed E-state index contributed by atoms with van der Waals surface area (Å²) in [6.45, 7) is 0. The van der Waals surface area contributed by atoms with Crippen molar-refractivity contribution >= 4 is 46.6 Å². The van der Waals surface area contributed by atoms with Crippen LogP contribution in [0.3, 0.4) is 0 Å². The highest BCUT2D eigenvalue weighted by atomic mass is 35.5. The summed E-state index contributed by atoms with van der Waals surface area (Å²) in [7, 11) is 0. The zero-order chi connectivity index (χ0) is 20.4. The molecule has 0 N–H and O–H groups in total. The molecule has 1 heterocycles. The van der Waals surface area contributed by atoms with Crippen molar-refractivity contribution in [3.05, 3.63) is 93.2 Å². The van der Waals surface area contributed by atoms with Gasteiger partial charge >= 0.3 is 0 Å². The summed E-state index contributed by atoms with van der Waals surface area (Å²) in [6, 6.07) is 19.3. The first-order valence-electron chi connectivity index (χ1n) is 8.56. The van der Waals surface area contributed by atoms with Crippen LogP contribution in [0.4, 0.5) is 4.39 Å². The topological polar surface area (TPSA) is 30.7 Å². The SMILES string of the molecule is Fc1ccccc1CSc1nnc(-c2ccccc2Cl)n1-c1ccc(Cl)c(Cl)c1. The van der Waals surface area contributed by atoms with Crippen LogP contribution in [0.5, 0.6) is 0 Å². The second-order valence-corrected chi connectivity index (χ2v) is 8.26. The molecule has 0 aliphatic rings. The number of hydrogen-bond acceptors (Lipinski definition) is 3. The van der Waals surface area contributed by atoms with E-state index in [2.05, 4.69) is 10.2 Å². The number of halogens is 4. The van der Waals surface area contributed by atoms with Crippen LogP contribution in [-0.2, 0) is 5.75 Å². The van der Waals surface area contributed by atoms with Crippen LogP contribution < -0.4 is 0 Å². The second kappa shape index (κ2) is 8.76. The van der Waals surface area contributed by atoms with E-state index in [1.54, 1.807) is 36.4 Å². The number of thioether (sulfide) groups is 1. The van der Waals surface area contributed by atoms with Crippen LogP contribution >= 0.6 is 46.6 Å². The minimum Gasteiger partial charge on any atom is -0.270 e. The summed E-state index contributed by atoms with van der Waals surface area (Å²) in [6.07, 6.45) is 0. The van der Waals surface area contributed by atoms with E-state index in [4.69, 9.17) is 34.8 Å². The third-order valence-electron chi connectivity index (χ3n) is 4.22. The van der Waals surface area contributed by atoms with Gasteiger partial charge in [-0.3, -0.25) is 4.57 Å². The minimum absolute atomic E-state index is 0.257. The molecule has 29 heavy (non-hydrogen) atoms. The maximum absolute atomic E-state index is 14.0. The van der Waals surface area contributed by atoms with Crippen molar-refractivity contribution in [3.8, 4) is 17.1 Å². The van der Waals surface area contributed by atoms with Gasteiger partial charge in [-0.1, -0.05) is 76.9 Å². The lowest BCUT2D eigenvalue weighted by atomic mass is 10.2. The monoisotopic (exact) mass is 463 g/mol. The van der Waals surface area contributed by atoms with Crippen molar-refractivity contribution in [1.29, 1.82) is 0 Å². The van der Waals surface area contributed by atoms with Crippen molar-refractivity contribution in [2.45, 2.75) is 10.9 Å². The number of nitrogens with zero attached hydrogens (tertiary/aromatic N) is 3. The minimum atomic E-state index is -0.257. The molecule has 1 aromatic heterocycles. The summed E-state index contributed by atoms with van der Waals surface area (Å²) in [4.78, 5) is 0. The number of hydrogen-bond donors (Lipinski definition) is 0. The summed E-state index contributed by atoms with van der Waals surface area (Å²) >= 11 is 20.1. The van der Waals surface area contributed by atoms with Crippen LogP contribution in [0, 0.1) is 5.82 Å². The molecule has 0 radical (unpaired) electrons. The average Bonchev–Trinajstić information content (AvgIpc) is 3.13. The molecule has 4 rings (SSSR count). The fourth-order valence-corrected chi connectivity index (χ4v) is 4.25. The van der Waals surface area contributed by atoms with Crippen molar-refractivity contribution in [3.63, 3.8) is 0 Å². The molecular formula is C21H13Cl3FN3S. The highest BCUT2D eigenvalue weighted by Gasteiger charge is 2.19. The molecular weight excluding hydrogens is 452 g/mol. The Kier molecular flexibility index (Phi) is 6.11. The maximum Gasteiger partial charge on any atom is 0.196 e. The quantitative estimate of drug-likeness (QED) is 0.290. The van der Waals surface area contributed by atoms with Gasteiger partial charge in [-0.05, 0) is 42.0 Å². The lowest BCUT2D eigenvalue weighted by molar-refractivity contribution is 0.617. The Labute approximate surface area is 186 Å². The Bertz CT molecular complexity index is 1180.